The molecule has 0 spiro atoms. The van der Waals surface area contributed by atoms with Crippen molar-refractivity contribution in [3.63, 3.8) is 0 Å². The standard InChI is InChI=1S/C10H17N5O/c1-10(11,7-3-4-7)9(16)12-5-8-13-6-15(2)14-8/h6-7H,3-5,11H2,1-2H3,(H,12,16). The molecule has 0 bridgehead atoms. The van der Waals surface area contributed by atoms with Crippen LogP contribution in [-0.4, -0.2) is 26.2 Å². The summed E-state index contributed by atoms with van der Waals surface area (Å²) < 4.78 is 1.60. The monoisotopic (exact) mass is 223 g/mol. The second kappa shape index (κ2) is 3.86. The van der Waals surface area contributed by atoms with E-state index in [4.69, 9.17) is 5.73 Å². The average Bonchev–Trinajstić information content (AvgIpc) is 3.00. The molecule has 1 atom stereocenters. The van der Waals surface area contributed by atoms with Gasteiger partial charge in [0.1, 0.15) is 6.33 Å². The number of carbonyl (C=O) groups is 1. The minimum atomic E-state index is -0.755. The quantitative estimate of drug-likeness (QED) is 0.724. The van der Waals surface area contributed by atoms with Crippen LogP contribution in [0.5, 0.6) is 0 Å². The highest BCUT2D eigenvalue weighted by Crippen LogP contribution is 2.38. The lowest BCUT2D eigenvalue weighted by atomic mass is 9.96. The zero-order chi connectivity index (χ0) is 11.8. The fourth-order valence-corrected chi connectivity index (χ4v) is 1.68. The first kappa shape index (κ1) is 11.1. The molecule has 6 nitrogen and oxygen atoms in total. The van der Waals surface area contributed by atoms with E-state index in [1.54, 1.807) is 25.0 Å². The molecule has 1 fully saturated rings. The number of carbonyl (C=O) groups excluding carboxylic acids is 1. The van der Waals surface area contributed by atoms with Gasteiger partial charge in [-0.1, -0.05) is 0 Å². The summed E-state index contributed by atoms with van der Waals surface area (Å²) in [5.41, 5.74) is 5.22. The summed E-state index contributed by atoms with van der Waals surface area (Å²) >= 11 is 0. The van der Waals surface area contributed by atoms with E-state index in [1.165, 1.54) is 0 Å². The summed E-state index contributed by atoms with van der Waals surface area (Å²) in [5, 5.41) is 6.85. The first-order valence-electron chi connectivity index (χ1n) is 5.42. The van der Waals surface area contributed by atoms with Gasteiger partial charge in [0, 0.05) is 7.05 Å². The predicted molar refractivity (Wildman–Crippen MR) is 58.2 cm³/mol. The largest absolute Gasteiger partial charge is 0.347 e. The number of rotatable bonds is 4. The van der Waals surface area contributed by atoms with Gasteiger partial charge in [-0.2, -0.15) is 5.10 Å². The van der Waals surface area contributed by atoms with Crippen LogP contribution in [0.2, 0.25) is 0 Å². The number of hydrogen-bond acceptors (Lipinski definition) is 4. The minimum absolute atomic E-state index is 0.123. The number of nitrogens with zero attached hydrogens (tertiary/aromatic N) is 3. The van der Waals surface area contributed by atoms with Gasteiger partial charge < -0.3 is 11.1 Å². The molecular weight excluding hydrogens is 206 g/mol. The SMILES string of the molecule is Cn1cnc(CNC(=O)C(C)(N)C2CC2)n1. The summed E-state index contributed by atoms with van der Waals surface area (Å²) in [6.07, 6.45) is 3.69. The van der Waals surface area contributed by atoms with Crippen LogP contribution in [0.4, 0.5) is 0 Å². The van der Waals surface area contributed by atoms with Crippen molar-refractivity contribution in [2.24, 2.45) is 18.7 Å². The summed E-state index contributed by atoms with van der Waals surface area (Å²) in [7, 11) is 1.79. The third-order valence-electron chi connectivity index (χ3n) is 2.97. The van der Waals surface area contributed by atoms with Crippen LogP contribution in [0.25, 0.3) is 0 Å². The van der Waals surface area contributed by atoms with E-state index in [0.717, 1.165) is 12.8 Å². The van der Waals surface area contributed by atoms with Crippen molar-refractivity contribution in [2.75, 3.05) is 0 Å². The van der Waals surface area contributed by atoms with E-state index in [9.17, 15) is 4.79 Å². The number of amides is 1. The summed E-state index contributed by atoms with van der Waals surface area (Å²) in [5.74, 6) is 0.800. The number of hydrogen-bond donors (Lipinski definition) is 2. The molecule has 1 heterocycles. The third kappa shape index (κ3) is 2.21. The van der Waals surface area contributed by atoms with Crippen molar-refractivity contribution in [3.05, 3.63) is 12.2 Å². The molecule has 1 saturated carbocycles. The van der Waals surface area contributed by atoms with Crippen LogP contribution in [0.1, 0.15) is 25.6 Å². The Morgan fingerprint density at radius 2 is 2.44 bits per heavy atom. The molecule has 1 aromatic rings. The number of aryl methyl sites for hydroxylation is 1. The Hall–Kier alpha value is -1.43. The fraction of sp³-hybridized carbons (Fsp3) is 0.700. The molecule has 0 aliphatic heterocycles. The smallest absolute Gasteiger partial charge is 0.240 e. The van der Waals surface area contributed by atoms with E-state index in [0.29, 0.717) is 18.3 Å². The topological polar surface area (TPSA) is 85.8 Å². The zero-order valence-corrected chi connectivity index (χ0v) is 9.60. The third-order valence-corrected chi connectivity index (χ3v) is 2.97. The first-order valence-corrected chi connectivity index (χ1v) is 5.42. The second-order valence-corrected chi connectivity index (χ2v) is 4.57. The molecular formula is C10H17N5O. The van der Waals surface area contributed by atoms with Gasteiger partial charge in [0.05, 0.1) is 12.1 Å². The van der Waals surface area contributed by atoms with Crippen molar-refractivity contribution in [2.45, 2.75) is 31.8 Å². The lowest BCUT2D eigenvalue weighted by Gasteiger charge is -2.22. The molecule has 0 saturated heterocycles. The average molecular weight is 223 g/mol. The number of nitrogens with two attached hydrogens (primary N) is 1. The van der Waals surface area contributed by atoms with E-state index in [1.807, 2.05) is 0 Å². The van der Waals surface area contributed by atoms with Gasteiger partial charge in [-0.3, -0.25) is 9.48 Å². The van der Waals surface area contributed by atoms with Gasteiger partial charge in [0.2, 0.25) is 5.91 Å². The van der Waals surface area contributed by atoms with Crippen molar-refractivity contribution in [3.8, 4) is 0 Å². The van der Waals surface area contributed by atoms with Crippen molar-refractivity contribution < 1.29 is 4.79 Å². The van der Waals surface area contributed by atoms with E-state index in [2.05, 4.69) is 15.4 Å². The maximum absolute atomic E-state index is 11.8. The van der Waals surface area contributed by atoms with Gasteiger partial charge in [0.25, 0.3) is 0 Å². The predicted octanol–water partition coefficient (Wildman–Crippen LogP) is -0.441. The van der Waals surface area contributed by atoms with Crippen molar-refractivity contribution in [1.82, 2.24) is 20.1 Å². The van der Waals surface area contributed by atoms with Crippen LogP contribution in [0.3, 0.4) is 0 Å². The van der Waals surface area contributed by atoms with E-state index >= 15 is 0 Å². The van der Waals surface area contributed by atoms with Crippen LogP contribution in [-0.2, 0) is 18.4 Å². The van der Waals surface area contributed by atoms with Gasteiger partial charge in [0.15, 0.2) is 5.82 Å². The molecule has 2 rings (SSSR count). The summed E-state index contributed by atoms with van der Waals surface area (Å²) in [4.78, 5) is 15.9. The molecule has 0 radical (unpaired) electrons. The van der Waals surface area contributed by atoms with E-state index < -0.39 is 5.54 Å². The highest BCUT2D eigenvalue weighted by molar-refractivity contribution is 5.86. The molecule has 0 aromatic carbocycles. The van der Waals surface area contributed by atoms with Crippen LogP contribution < -0.4 is 11.1 Å². The zero-order valence-electron chi connectivity index (χ0n) is 9.60. The molecule has 88 valence electrons. The fourth-order valence-electron chi connectivity index (χ4n) is 1.68. The Morgan fingerprint density at radius 3 is 2.94 bits per heavy atom. The summed E-state index contributed by atoms with van der Waals surface area (Å²) in [6.45, 7) is 2.12. The van der Waals surface area contributed by atoms with Gasteiger partial charge in [-0.05, 0) is 25.7 Å². The molecule has 1 unspecified atom stereocenters. The molecule has 16 heavy (non-hydrogen) atoms. The molecule has 6 heteroatoms. The first-order chi connectivity index (χ1) is 7.50. The normalized spacial score (nSPS) is 19.2. The van der Waals surface area contributed by atoms with Gasteiger partial charge in [-0.15, -0.1) is 0 Å². The highest BCUT2D eigenvalue weighted by atomic mass is 16.2. The minimum Gasteiger partial charge on any atom is -0.347 e. The summed E-state index contributed by atoms with van der Waals surface area (Å²) in [6, 6.07) is 0. The maximum Gasteiger partial charge on any atom is 0.240 e. The Labute approximate surface area is 94.2 Å². The molecule has 1 aromatic heterocycles. The Morgan fingerprint density at radius 1 is 1.75 bits per heavy atom. The maximum atomic E-state index is 11.8. The lowest BCUT2D eigenvalue weighted by molar-refractivity contribution is -0.126. The second-order valence-electron chi connectivity index (χ2n) is 4.57. The molecule has 1 aliphatic rings. The van der Waals surface area contributed by atoms with Crippen molar-refractivity contribution >= 4 is 5.91 Å². The van der Waals surface area contributed by atoms with Crippen molar-refractivity contribution in [1.29, 1.82) is 0 Å². The van der Waals surface area contributed by atoms with Crippen LogP contribution in [0, 0.1) is 5.92 Å². The Kier molecular flexibility index (Phi) is 2.67. The Balaban J connectivity index is 1.88. The Bertz CT molecular complexity index is 394. The van der Waals surface area contributed by atoms with Gasteiger partial charge >= 0.3 is 0 Å². The van der Waals surface area contributed by atoms with E-state index in [-0.39, 0.29) is 5.91 Å². The molecule has 3 N–H and O–H groups in total. The number of aromatic nitrogens is 3. The number of nitrogens with one attached hydrogen (secondary N) is 1. The molecule has 1 aliphatic carbocycles. The molecule has 1 amide bonds. The highest BCUT2D eigenvalue weighted by Gasteiger charge is 2.43. The van der Waals surface area contributed by atoms with Crippen LogP contribution in [0.15, 0.2) is 6.33 Å². The van der Waals surface area contributed by atoms with Gasteiger partial charge in [-0.25, -0.2) is 4.98 Å². The van der Waals surface area contributed by atoms with Crippen LogP contribution >= 0.6 is 0 Å². The lowest BCUT2D eigenvalue weighted by Crippen LogP contribution is -2.53.